The monoisotopic (exact) mass is 453 g/mol. The fraction of sp³-hybridized carbons (Fsp3) is 0.440. The molecule has 0 unspecified atom stereocenters. The van der Waals surface area contributed by atoms with Crippen LogP contribution in [0.4, 0.5) is 0 Å². The number of carbonyl (C=O) groups excluding carboxylic acids is 4. The predicted molar refractivity (Wildman–Crippen MR) is 124 cm³/mol. The number of rotatable bonds is 8. The van der Waals surface area contributed by atoms with E-state index < -0.39 is 0 Å². The number of carbonyl (C=O) groups is 4. The molecule has 176 valence electrons. The maximum atomic E-state index is 12.6. The van der Waals surface area contributed by atoms with Crippen LogP contribution < -0.4 is 5.32 Å². The first kappa shape index (κ1) is 24.2. The van der Waals surface area contributed by atoms with Gasteiger partial charge in [0.1, 0.15) is 0 Å². The Morgan fingerprint density at radius 1 is 1.12 bits per heavy atom. The smallest absolute Gasteiger partial charge is 0.310 e. The first-order valence-electron chi connectivity index (χ1n) is 11.3. The second-order valence-electron chi connectivity index (χ2n) is 8.27. The fourth-order valence-corrected chi connectivity index (χ4v) is 4.04. The quantitative estimate of drug-likeness (QED) is 0.615. The molecule has 1 heterocycles. The van der Waals surface area contributed by atoms with Gasteiger partial charge in [-0.3, -0.25) is 19.2 Å². The summed E-state index contributed by atoms with van der Waals surface area (Å²) in [5.41, 5.74) is 0.892. The van der Waals surface area contributed by atoms with E-state index in [9.17, 15) is 19.2 Å². The number of hydrogen-bond donors (Lipinski definition) is 1. The molecule has 0 aromatic heterocycles. The van der Waals surface area contributed by atoms with Crippen molar-refractivity contribution >= 4 is 34.5 Å². The number of nitrogens with zero attached hydrogens (tertiary/aromatic N) is 2. The lowest BCUT2D eigenvalue weighted by atomic mass is 9.98. The van der Waals surface area contributed by atoms with Crippen molar-refractivity contribution in [2.24, 2.45) is 5.92 Å². The highest BCUT2D eigenvalue weighted by molar-refractivity contribution is 5.92. The lowest BCUT2D eigenvalue weighted by Crippen LogP contribution is -2.48. The lowest BCUT2D eigenvalue weighted by molar-refractivity contribution is -0.152. The van der Waals surface area contributed by atoms with Crippen molar-refractivity contribution in [1.82, 2.24) is 15.1 Å². The molecule has 1 N–H and O–H groups in total. The summed E-state index contributed by atoms with van der Waals surface area (Å²) in [5, 5.41) is 4.71. The normalized spacial score (nSPS) is 15.7. The molecule has 2 aromatic carbocycles. The van der Waals surface area contributed by atoms with Gasteiger partial charge in [-0.15, -0.1) is 0 Å². The topological polar surface area (TPSA) is 96.0 Å². The molecule has 8 nitrogen and oxygen atoms in total. The van der Waals surface area contributed by atoms with Crippen LogP contribution >= 0.6 is 0 Å². The Balaban J connectivity index is 1.46. The number of nitrogens with one attached hydrogen (secondary N) is 1. The van der Waals surface area contributed by atoms with Crippen molar-refractivity contribution in [2.45, 2.75) is 26.2 Å². The van der Waals surface area contributed by atoms with Crippen LogP contribution in [0.2, 0.25) is 0 Å². The number of ether oxygens (including phenoxy) is 1. The van der Waals surface area contributed by atoms with Gasteiger partial charge in [0.15, 0.2) is 0 Å². The van der Waals surface area contributed by atoms with Crippen molar-refractivity contribution < 1.29 is 23.9 Å². The van der Waals surface area contributed by atoms with E-state index in [-0.39, 0.29) is 49.1 Å². The van der Waals surface area contributed by atoms with Crippen LogP contribution in [0, 0.1) is 5.92 Å². The number of benzene rings is 2. The second-order valence-corrected chi connectivity index (χ2v) is 8.27. The molecule has 1 fully saturated rings. The average molecular weight is 454 g/mol. The van der Waals surface area contributed by atoms with E-state index in [1.165, 1.54) is 11.9 Å². The molecule has 0 radical (unpaired) electrons. The Labute approximate surface area is 193 Å². The molecule has 1 saturated heterocycles. The van der Waals surface area contributed by atoms with Crippen molar-refractivity contribution in [3.05, 3.63) is 48.0 Å². The average Bonchev–Trinajstić information content (AvgIpc) is 2.83. The van der Waals surface area contributed by atoms with Gasteiger partial charge < -0.3 is 19.9 Å². The van der Waals surface area contributed by atoms with E-state index in [0.29, 0.717) is 26.1 Å². The van der Waals surface area contributed by atoms with Crippen LogP contribution in [0.15, 0.2) is 42.5 Å². The molecule has 2 aromatic rings. The Kier molecular flexibility index (Phi) is 8.40. The molecule has 1 atom stereocenters. The second kappa shape index (κ2) is 11.4. The van der Waals surface area contributed by atoms with Gasteiger partial charge in [-0.05, 0) is 36.1 Å². The summed E-state index contributed by atoms with van der Waals surface area (Å²) in [4.78, 5) is 52.4. The molecule has 0 spiro atoms. The molecule has 1 aliphatic heterocycles. The molecule has 8 heteroatoms. The number of piperidine rings is 1. The van der Waals surface area contributed by atoms with Gasteiger partial charge in [-0.2, -0.15) is 0 Å². The lowest BCUT2D eigenvalue weighted by Gasteiger charge is -2.32. The number of hydrogen-bond acceptors (Lipinski definition) is 5. The van der Waals surface area contributed by atoms with Gasteiger partial charge in [0.25, 0.3) is 0 Å². The summed E-state index contributed by atoms with van der Waals surface area (Å²) in [5.74, 6) is -1.44. The third-order valence-electron chi connectivity index (χ3n) is 5.86. The zero-order valence-corrected chi connectivity index (χ0v) is 19.2. The highest BCUT2D eigenvalue weighted by Crippen LogP contribution is 2.19. The van der Waals surface area contributed by atoms with Gasteiger partial charge in [-0.1, -0.05) is 42.5 Å². The molecule has 0 bridgehead atoms. The summed E-state index contributed by atoms with van der Waals surface area (Å²) in [7, 11) is 1.53. The minimum Gasteiger partial charge on any atom is -0.466 e. The van der Waals surface area contributed by atoms with Crippen molar-refractivity contribution in [3.63, 3.8) is 0 Å². The summed E-state index contributed by atoms with van der Waals surface area (Å²) >= 11 is 0. The maximum absolute atomic E-state index is 12.6. The van der Waals surface area contributed by atoms with Gasteiger partial charge >= 0.3 is 5.97 Å². The Hall–Kier alpha value is -3.42. The number of likely N-dealkylation sites (N-methyl/N-ethyl adjacent to an activating group) is 1. The number of esters is 1. The highest BCUT2D eigenvalue weighted by Gasteiger charge is 2.30. The van der Waals surface area contributed by atoms with Crippen LogP contribution in [-0.2, 0) is 30.3 Å². The standard InChI is InChI=1S/C25H31N3O5/c1-3-33-25(32)20-11-7-13-28(16-20)24(31)17-27(2)23(30)15-26-22(29)14-19-10-6-9-18-8-4-5-12-21(18)19/h4-6,8-10,12,20H,3,7,11,13-17H2,1-2H3,(H,26,29)/t20-/m0/s1. The van der Waals surface area contributed by atoms with E-state index in [0.717, 1.165) is 22.8 Å². The number of fused-ring (bicyclic) bond motifs is 1. The molecule has 0 aliphatic carbocycles. The van der Waals surface area contributed by atoms with Gasteiger partial charge in [0, 0.05) is 20.1 Å². The molecular formula is C25H31N3O5. The van der Waals surface area contributed by atoms with Gasteiger partial charge in [-0.25, -0.2) is 0 Å². The van der Waals surface area contributed by atoms with Crippen LogP contribution in [0.25, 0.3) is 10.8 Å². The molecule has 33 heavy (non-hydrogen) atoms. The SMILES string of the molecule is CCOC(=O)[C@H]1CCCN(C(=O)CN(C)C(=O)CNC(=O)Cc2cccc3ccccc23)C1. The third-order valence-corrected chi connectivity index (χ3v) is 5.86. The number of amides is 3. The van der Waals surface area contributed by atoms with Gasteiger partial charge in [0.05, 0.1) is 32.0 Å². The van der Waals surface area contributed by atoms with Crippen molar-refractivity contribution in [3.8, 4) is 0 Å². The Morgan fingerprint density at radius 2 is 1.88 bits per heavy atom. The van der Waals surface area contributed by atoms with Crippen LogP contribution in [0.3, 0.4) is 0 Å². The largest absolute Gasteiger partial charge is 0.466 e. The summed E-state index contributed by atoms with van der Waals surface area (Å²) in [6.45, 7) is 2.64. The zero-order chi connectivity index (χ0) is 23.8. The summed E-state index contributed by atoms with van der Waals surface area (Å²) in [6, 6.07) is 13.6. The van der Waals surface area contributed by atoms with Gasteiger partial charge in [0.2, 0.25) is 17.7 Å². The summed E-state index contributed by atoms with van der Waals surface area (Å²) in [6.07, 6.45) is 1.58. The zero-order valence-electron chi connectivity index (χ0n) is 19.2. The fourth-order valence-electron chi connectivity index (χ4n) is 4.04. The Morgan fingerprint density at radius 3 is 2.67 bits per heavy atom. The molecular weight excluding hydrogens is 422 g/mol. The predicted octanol–water partition coefficient (Wildman–Crippen LogP) is 1.76. The molecule has 3 rings (SSSR count). The third kappa shape index (κ3) is 6.54. The molecule has 1 aliphatic rings. The first-order chi connectivity index (χ1) is 15.9. The van der Waals surface area contributed by atoms with Crippen molar-refractivity contribution in [1.29, 1.82) is 0 Å². The first-order valence-corrected chi connectivity index (χ1v) is 11.3. The van der Waals surface area contributed by atoms with E-state index >= 15 is 0 Å². The van der Waals surface area contributed by atoms with Crippen LogP contribution in [0.1, 0.15) is 25.3 Å². The van der Waals surface area contributed by atoms with Crippen molar-refractivity contribution in [2.75, 3.05) is 39.8 Å². The van der Waals surface area contributed by atoms with Crippen LogP contribution in [-0.4, -0.2) is 73.3 Å². The molecule has 3 amide bonds. The Bertz CT molecular complexity index is 1020. The minimum atomic E-state index is -0.353. The van der Waals surface area contributed by atoms with E-state index in [1.807, 2.05) is 42.5 Å². The highest BCUT2D eigenvalue weighted by atomic mass is 16.5. The molecule has 0 saturated carbocycles. The van der Waals surface area contributed by atoms with Crippen LogP contribution in [0.5, 0.6) is 0 Å². The summed E-state index contributed by atoms with van der Waals surface area (Å²) < 4.78 is 5.07. The van der Waals surface area contributed by atoms with E-state index in [2.05, 4.69) is 5.32 Å². The van der Waals surface area contributed by atoms with E-state index in [4.69, 9.17) is 4.74 Å². The maximum Gasteiger partial charge on any atom is 0.310 e. The minimum absolute atomic E-state index is 0.104. The van der Waals surface area contributed by atoms with E-state index in [1.54, 1.807) is 11.8 Å². The number of likely N-dealkylation sites (tertiary alicyclic amines) is 1.